The Bertz CT molecular complexity index is 1060. The summed E-state index contributed by atoms with van der Waals surface area (Å²) in [5.74, 6) is 1.98. The fourth-order valence-corrected chi connectivity index (χ4v) is 5.52. The van der Waals surface area contributed by atoms with Gasteiger partial charge in [0.2, 0.25) is 0 Å². The summed E-state index contributed by atoms with van der Waals surface area (Å²) < 4.78 is 5.91. The molecule has 1 saturated carbocycles. The Balaban J connectivity index is 1.50. The molecule has 0 radical (unpaired) electrons. The van der Waals surface area contributed by atoms with Gasteiger partial charge in [0.15, 0.2) is 0 Å². The van der Waals surface area contributed by atoms with E-state index >= 15 is 0 Å². The Morgan fingerprint density at radius 2 is 1.72 bits per heavy atom. The highest BCUT2D eigenvalue weighted by Gasteiger charge is 2.24. The summed E-state index contributed by atoms with van der Waals surface area (Å²) in [6.07, 6.45) is 4.79. The maximum absolute atomic E-state index is 14.0. The van der Waals surface area contributed by atoms with E-state index in [4.69, 9.17) is 10.5 Å². The zero-order chi connectivity index (χ0) is 25.3. The lowest BCUT2D eigenvalue weighted by Crippen LogP contribution is -2.41. The molecule has 0 heterocycles. The van der Waals surface area contributed by atoms with Crippen LogP contribution in [0.5, 0.6) is 5.75 Å². The van der Waals surface area contributed by atoms with Crippen LogP contribution in [0, 0.1) is 11.8 Å². The summed E-state index contributed by atoms with van der Waals surface area (Å²) in [5.41, 5.74) is 8.02. The smallest absolute Gasteiger partial charge is 0.119 e. The normalized spacial score (nSPS) is 19.2. The van der Waals surface area contributed by atoms with E-state index in [-0.39, 0.29) is 0 Å². The predicted molar refractivity (Wildman–Crippen MR) is 147 cm³/mol. The van der Waals surface area contributed by atoms with Crippen molar-refractivity contribution in [3.05, 3.63) is 77.9 Å². The maximum atomic E-state index is 14.0. The topological polar surface area (TPSA) is 64.8 Å². The van der Waals surface area contributed by atoms with Crippen LogP contribution in [0.25, 0.3) is 10.8 Å². The Hall–Kier alpha value is -2.44. The quantitative estimate of drug-likeness (QED) is 0.293. The lowest BCUT2D eigenvalue weighted by molar-refractivity contribution is -0.467. The number of ether oxygens (including phenoxy) is 1. The zero-order valence-electron chi connectivity index (χ0n) is 21.9. The SMILES string of the molecule is CN(C)CCCOc1ccc(CN(CC2CCCC(CN)C2)C([O-])c2cccc3ccccc23)cc1. The first-order valence-corrected chi connectivity index (χ1v) is 13.5. The van der Waals surface area contributed by atoms with Gasteiger partial charge in [0.25, 0.3) is 0 Å². The summed E-state index contributed by atoms with van der Waals surface area (Å²) >= 11 is 0. The second kappa shape index (κ2) is 13.2. The first-order valence-electron chi connectivity index (χ1n) is 13.5. The van der Waals surface area contributed by atoms with Gasteiger partial charge in [-0.05, 0) is 98.4 Å². The third-order valence-electron chi connectivity index (χ3n) is 7.47. The molecule has 3 aromatic carbocycles. The fraction of sp³-hybridized carbons (Fsp3) is 0.484. The molecule has 0 aliphatic heterocycles. The van der Waals surface area contributed by atoms with Crippen LogP contribution in [0.15, 0.2) is 66.7 Å². The molecule has 36 heavy (non-hydrogen) atoms. The van der Waals surface area contributed by atoms with Gasteiger partial charge >= 0.3 is 0 Å². The van der Waals surface area contributed by atoms with Crippen molar-refractivity contribution in [2.45, 2.75) is 44.9 Å². The number of hydrogen-bond acceptors (Lipinski definition) is 5. The van der Waals surface area contributed by atoms with Gasteiger partial charge in [-0.25, -0.2) is 0 Å². The second-order valence-electron chi connectivity index (χ2n) is 10.6. The van der Waals surface area contributed by atoms with Crippen LogP contribution in [0.1, 0.15) is 49.5 Å². The highest BCUT2D eigenvalue weighted by Crippen LogP contribution is 2.32. The number of fused-ring (bicyclic) bond motifs is 1. The van der Waals surface area contributed by atoms with E-state index in [9.17, 15) is 5.11 Å². The average molecular weight is 489 g/mol. The van der Waals surface area contributed by atoms with Crippen LogP contribution < -0.4 is 15.6 Å². The minimum absolute atomic E-state index is 0.512. The molecule has 3 aromatic rings. The maximum Gasteiger partial charge on any atom is 0.119 e. The van der Waals surface area contributed by atoms with Gasteiger partial charge in [0, 0.05) is 19.6 Å². The molecule has 0 bridgehead atoms. The molecule has 4 rings (SSSR count). The van der Waals surface area contributed by atoms with E-state index in [0.717, 1.165) is 60.1 Å². The average Bonchev–Trinajstić information content (AvgIpc) is 2.91. The Kier molecular flexibility index (Phi) is 9.76. The van der Waals surface area contributed by atoms with Gasteiger partial charge in [0.1, 0.15) is 5.75 Å². The van der Waals surface area contributed by atoms with E-state index in [1.54, 1.807) is 0 Å². The van der Waals surface area contributed by atoms with Crippen LogP contribution in [0.2, 0.25) is 0 Å². The zero-order valence-corrected chi connectivity index (χ0v) is 21.9. The summed E-state index contributed by atoms with van der Waals surface area (Å²) in [4.78, 5) is 4.30. The number of nitrogens with two attached hydrogens (primary N) is 1. The summed E-state index contributed by atoms with van der Waals surface area (Å²) in [6.45, 7) is 3.89. The molecule has 1 aliphatic rings. The lowest BCUT2D eigenvalue weighted by atomic mass is 9.81. The van der Waals surface area contributed by atoms with Gasteiger partial charge in [-0.2, -0.15) is 0 Å². The molecule has 3 unspecified atom stereocenters. The number of nitrogens with zero attached hydrogens (tertiary/aromatic N) is 2. The molecule has 2 N–H and O–H groups in total. The van der Waals surface area contributed by atoms with Crippen molar-refractivity contribution in [1.82, 2.24) is 9.80 Å². The summed E-state index contributed by atoms with van der Waals surface area (Å²) in [7, 11) is 4.15. The molecule has 5 heteroatoms. The summed E-state index contributed by atoms with van der Waals surface area (Å²) in [5, 5.41) is 16.2. The van der Waals surface area contributed by atoms with Crippen molar-refractivity contribution in [2.24, 2.45) is 17.6 Å². The van der Waals surface area contributed by atoms with Crippen LogP contribution in [-0.2, 0) is 6.54 Å². The Morgan fingerprint density at radius 1 is 0.972 bits per heavy atom. The first kappa shape index (κ1) is 26.6. The Morgan fingerprint density at radius 3 is 2.50 bits per heavy atom. The van der Waals surface area contributed by atoms with Crippen molar-refractivity contribution in [2.75, 3.05) is 40.3 Å². The molecule has 0 saturated heterocycles. The Labute approximate surface area is 216 Å². The van der Waals surface area contributed by atoms with E-state index in [0.29, 0.717) is 25.0 Å². The van der Waals surface area contributed by atoms with Crippen LogP contribution >= 0.6 is 0 Å². The van der Waals surface area contributed by atoms with Crippen LogP contribution in [0.3, 0.4) is 0 Å². The van der Waals surface area contributed by atoms with Crippen molar-refractivity contribution < 1.29 is 9.84 Å². The number of rotatable bonds is 12. The first-order chi connectivity index (χ1) is 17.5. The highest BCUT2D eigenvalue weighted by molar-refractivity contribution is 5.85. The van der Waals surface area contributed by atoms with Crippen molar-refractivity contribution in [1.29, 1.82) is 0 Å². The molecule has 0 aromatic heterocycles. The van der Waals surface area contributed by atoms with Gasteiger partial charge in [-0.15, -0.1) is 0 Å². The number of benzene rings is 3. The number of hydrogen-bond donors (Lipinski definition) is 1. The third-order valence-corrected chi connectivity index (χ3v) is 7.47. The molecule has 3 atom stereocenters. The van der Waals surface area contributed by atoms with E-state index in [1.165, 1.54) is 19.3 Å². The third kappa shape index (κ3) is 7.30. The second-order valence-corrected chi connectivity index (χ2v) is 10.6. The van der Waals surface area contributed by atoms with Crippen molar-refractivity contribution in [3.63, 3.8) is 0 Å². The largest absolute Gasteiger partial charge is 0.837 e. The minimum Gasteiger partial charge on any atom is -0.837 e. The molecule has 194 valence electrons. The fourth-order valence-electron chi connectivity index (χ4n) is 5.52. The van der Waals surface area contributed by atoms with E-state index < -0.39 is 6.23 Å². The van der Waals surface area contributed by atoms with Gasteiger partial charge < -0.3 is 25.4 Å². The van der Waals surface area contributed by atoms with Gasteiger partial charge in [0.05, 0.1) is 6.61 Å². The van der Waals surface area contributed by atoms with Gasteiger partial charge in [-0.3, -0.25) is 0 Å². The highest BCUT2D eigenvalue weighted by atomic mass is 16.5. The molecular weight excluding hydrogens is 446 g/mol. The molecule has 1 aliphatic carbocycles. The molecule has 0 amide bonds. The minimum atomic E-state index is -0.920. The standard InChI is InChI=1S/C31H42N3O2/c1-33(2)18-7-19-36-28-16-14-24(15-17-28)22-34(23-26-9-5-8-25(20-26)21-32)31(35)30-13-6-11-27-10-3-4-12-29(27)30/h3-4,6,10-17,25-26,31H,5,7-9,18-23,32H2,1-2H3/q-1. The van der Waals surface area contributed by atoms with Crippen molar-refractivity contribution in [3.8, 4) is 5.75 Å². The molecular formula is C31H42N3O2-. The lowest BCUT2D eigenvalue weighted by Gasteiger charge is -2.41. The summed E-state index contributed by atoms with van der Waals surface area (Å²) in [6, 6.07) is 22.6. The van der Waals surface area contributed by atoms with Crippen molar-refractivity contribution >= 4 is 10.8 Å². The van der Waals surface area contributed by atoms with Gasteiger partial charge in [-0.1, -0.05) is 61.0 Å². The van der Waals surface area contributed by atoms with Crippen LogP contribution in [0.4, 0.5) is 0 Å². The van der Waals surface area contributed by atoms with E-state index in [2.05, 4.69) is 54.2 Å². The predicted octanol–water partition coefficient (Wildman–Crippen LogP) is 4.80. The molecule has 1 fully saturated rings. The monoisotopic (exact) mass is 488 g/mol. The van der Waals surface area contributed by atoms with Crippen LogP contribution in [-0.4, -0.2) is 50.1 Å². The molecule has 0 spiro atoms. The molecule has 5 nitrogen and oxygen atoms in total. The van der Waals surface area contributed by atoms with E-state index in [1.807, 2.05) is 36.4 Å².